The van der Waals surface area contributed by atoms with Crippen LogP contribution in [-0.2, 0) is 17.9 Å². The SMILES string of the molecule is Cc1nn(CC(=O)N(C)Cc2ccon2)c(=O)c2ccccc12. The second kappa shape index (κ2) is 6.04. The third-order valence-corrected chi connectivity index (χ3v) is 3.65. The Morgan fingerprint density at radius 3 is 2.70 bits per heavy atom. The van der Waals surface area contributed by atoms with E-state index in [9.17, 15) is 9.59 Å². The van der Waals surface area contributed by atoms with Crippen LogP contribution in [0.2, 0.25) is 0 Å². The number of nitrogens with zero attached hydrogens (tertiary/aromatic N) is 4. The van der Waals surface area contributed by atoms with E-state index in [2.05, 4.69) is 10.3 Å². The van der Waals surface area contributed by atoms with Gasteiger partial charge in [0.15, 0.2) is 0 Å². The van der Waals surface area contributed by atoms with Gasteiger partial charge < -0.3 is 9.42 Å². The smallest absolute Gasteiger partial charge is 0.275 e. The molecule has 0 atom stereocenters. The molecule has 23 heavy (non-hydrogen) atoms. The average Bonchev–Trinajstić information content (AvgIpc) is 3.05. The second-order valence-corrected chi connectivity index (χ2v) is 5.33. The first-order valence-electron chi connectivity index (χ1n) is 7.16. The van der Waals surface area contributed by atoms with Crippen LogP contribution in [-0.4, -0.2) is 32.8 Å². The molecule has 0 fully saturated rings. The summed E-state index contributed by atoms with van der Waals surface area (Å²) in [5.41, 5.74) is 1.09. The van der Waals surface area contributed by atoms with E-state index in [4.69, 9.17) is 4.52 Å². The number of benzene rings is 1. The third-order valence-electron chi connectivity index (χ3n) is 3.65. The van der Waals surface area contributed by atoms with Crippen molar-refractivity contribution in [2.75, 3.05) is 7.05 Å². The van der Waals surface area contributed by atoms with Crippen molar-refractivity contribution < 1.29 is 9.32 Å². The fourth-order valence-electron chi connectivity index (χ4n) is 2.41. The van der Waals surface area contributed by atoms with E-state index in [1.165, 1.54) is 15.8 Å². The quantitative estimate of drug-likeness (QED) is 0.726. The number of carbonyl (C=O) groups excluding carboxylic acids is 1. The number of hydrogen-bond donors (Lipinski definition) is 0. The predicted octanol–water partition coefficient (Wildman–Crippen LogP) is 1.35. The van der Waals surface area contributed by atoms with Gasteiger partial charge in [-0.1, -0.05) is 23.4 Å². The molecule has 1 aromatic carbocycles. The van der Waals surface area contributed by atoms with Gasteiger partial charge in [-0.2, -0.15) is 5.10 Å². The Hall–Kier alpha value is -2.96. The molecule has 3 rings (SSSR count). The van der Waals surface area contributed by atoms with Gasteiger partial charge in [-0.25, -0.2) is 4.68 Å². The summed E-state index contributed by atoms with van der Waals surface area (Å²) in [6.45, 7) is 2.03. The van der Waals surface area contributed by atoms with Crippen molar-refractivity contribution >= 4 is 16.7 Å². The number of hydrogen-bond acceptors (Lipinski definition) is 5. The van der Waals surface area contributed by atoms with Gasteiger partial charge in [-0.3, -0.25) is 9.59 Å². The van der Waals surface area contributed by atoms with Crippen LogP contribution in [0.5, 0.6) is 0 Å². The maximum atomic E-state index is 12.5. The standard InChI is InChI=1S/C16H16N4O3/c1-11-13-5-3-4-6-14(13)16(22)20(17-11)10-15(21)19(2)9-12-7-8-23-18-12/h3-8H,9-10H2,1-2H3. The molecule has 0 aliphatic carbocycles. The van der Waals surface area contributed by atoms with Crippen molar-refractivity contribution in [2.24, 2.45) is 0 Å². The first-order chi connectivity index (χ1) is 11.1. The molecule has 0 radical (unpaired) electrons. The van der Waals surface area contributed by atoms with Crippen molar-refractivity contribution in [3.63, 3.8) is 0 Å². The van der Waals surface area contributed by atoms with E-state index in [0.29, 0.717) is 23.3 Å². The largest absolute Gasteiger partial charge is 0.364 e. The van der Waals surface area contributed by atoms with Crippen molar-refractivity contribution in [1.29, 1.82) is 0 Å². The Kier molecular flexibility index (Phi) is 3.92. The molecule has 2 aromatic heterocycles. The fraction of sp³-hybridized carbons (Fsp3) is 0.250. The zero-order valence-electron chi connectivity index (χ0n) is 12.9. The summed E-state index contributed by atoms with van der Waals surface area (Å²) in [6.07, 6.45) is 1.45. The van der Waals surface area contributed by atoms with E-state index < -0.39 is 0 Å². The van der Waals surface area contributed by atoms with Gasteiger partial charge in [-0.05, 0) is 13.0 Å². The number of likely N-dealkylation sites (N-methyl/N-ethyl adjacent to an activating group) is 1. The lowest BCUT2D eigenvalue weighted by Crippen LogP contribution is -2.35. The Morgan fingerprint density at radius 1 is 1.26 bits per heavy atom. The molecular weight excluding hydrogens is 296 g/mol. The van der Waals surface area contributed by atoms with E-state index in [1.807, 2.05) is 19.1 Å². The maximum absolute atomic E-state index is 12.5. The van der Waals surface area contributed by atoms with Crippen LogP contribution >= 0.6 is 0 Å². The number of aryl methyl sites for hydroxylation is 1. The minimum Gasteiger partial charge on any atom is -0.364 e. The molecule has 118 valence electrons. The number of amides is 1. The summed E-state index contributed by atoms with van der Waals surface area (Å²) in [7, 11) is 1.65. The molecule has 0 bridgehead atoms. The van der Waals surface area contributed by atoms with Crippen molar-refractivity contribution in [1.82, 2.24) is 19.8 Å². The Balaban J connectivity index is 1.85. The van der Waals surface area contributed by atoms with E-state index >= 15 is 0 Å². The average molecular weight is 312 g/mol. The van der Waals surface area contributed by atoms with Gasteiger partial charge >= 0.3 is 0 Å². The minimum atomic E-state index is -0.269. The van der Waals surface area contributed by atoms with Crippen LogP contribution in [0, 0.1) is 6.92 Å². The highest BCUT2D eigenvalue weighted by Gasteiger charge is 2.15. The summed E-state index contributed by atoms with van der Waals surface area (Å²) in [5, 5.41) is 9.37. The summed E-state index contributed by atoms with van der Waals surface area (Å²) in [4.78, 5) is 26.2. The van der Waals surface area contributed by atoms with Gasteiger partial charge in [0, 0.05) is 18.5 Å². The molecule has 0 saturated heterocycles. The molecule has 2 heterocycles. The first-order valence-corrected chi connectivity index (χ1v) is 7.16. The van der Waals surface area contributed by atoms with Crippen LogP contribution in [0.1, 0.15) is 11.4 Å². The Morgan fingerprint density at radius 2 is 2.00 bits per heavy atom. The normalized spacial score (nSPS) is 10.9. The number of fused-ring (bicyclic) bond motifs is 1. The van der Waals surface area contributed by atoms with Gasteiger partial charge in [0.1, 0.15) is 18.5 Å². The van der Waals surface area contributed by atoms with Gasteiger partial charge in [-0.15, -0.1) is 0 Å². The van der Waals surface area contributed by atoms with E-state index in [1.54, 1.807) is 25.2 Å². The van der Waals surface area contributed by atoms with Crippen LogP contribution in [0.15, 0.2) is 45.9 Å². The summed E-state index contributed by atoms with van der Waals surface area (Å²) >= 11 is 0. The lowest BCUT2D eigenvalue weighted by atomic mass is 10.1. The van der Waals surface area contributed by atoms with Crippen LogP contribution in [0.25, 0.3) is 10.8 Å². The molecular formula is C16H16N4O3. The molecule has 0 spiro atoms. The molecule has 0 aliphatic rings. The molecule has 0 N–H and O–H groups in total. The Bertz CT molecular complexity index is 899. The molecule has 7 nitrogen and oxygen atoms in total. The summed E-state index contributed by atoms with van der Waals surface area (Å²) in [5.74, 6) is -0.225. The van der Waals surface area contributed by atoms with Gasteiger partial charge in [0.05, 0.1) is 17.6 Å². The first kappa shape index (κ1) is 15.0. The van der Waals surface area contributed by atoms with Gasteiger partial charge in [0.25, 0.3) is 5.56 Å². The van der Waals surface area contributed by atoms with E-state index in [0.717, 1.165) is 5.39 Å². The molecule has 3 aromatic rings. The van der Waals surface area contributed by atoms with Gasteiger partial charge in [0.2, 0.25) is 5.91 Å². The zero-order valence-corrected chi connectivity index (χ0v) is 12.9. The molecule has 0 aliphatic heterocycles. The maximum Gasteiger partial charge on any atom is 0.275 e. The lowest BCUT2D eigenvalue weighted by Gasteiger charge is -2.16. The fourth-order valence-corrected chi connectivity index (χ4v) is 2.41. The second-order valence-electron chi connectivity index (χ2n) is 5.33. The minimum absolute atomic E-state index is 0.112. The highest BCUT2D eigenvalue weighted by Crippen LogP contribution is 2.11. The van der Waals surface area contributed by atoms with Crippen molar-refractivity contribution in [3.05, 3.63) is 58.3 Å². The highest BCUT2D eigenvalue weighted by atomic mass is 16.5. The molecule has 1 amide bonds. The number of carbonyl (C=O) groups is 1. The summed E-state index contributed by atoms with van der Waals surface area (Å²) < 4.78 is 5.95. The lowest BCUT2D eigenvalue weighted by molar-refractivity contribution is -0.131. The van der Waals surface area contributed by atoms with Crippen molar-refractivity contribution in [2.45, 2.75) is 20.0 Å². The number of aromatic nitrogens is 3. The molecule has 7 heteroatoms. The highest BCUT2D eigenvalue weighted by molar-refractivity contribution is 5.83. The van der Waals surface area contributed by atoms with Crippen molar-refractivity contribution in [3.8, 4) is 0 Å². The summed E-state index contributed by atoms with van der Waals surface area (Å²) in [6, 6.07) is 8.94. The molecule has 0 unspecified atom stereocenters. The topological polar surface area (TPSA) is 81.2 Å². The zero-order chi connectivity index (χ0) is 16.4. The molecule has 0 saturated carbocycles. The van der Waals surface area contributed by atoms with Crippen LogP contribution in [0.3, 0.4) is 0 Å². The number of rotatable bonds is 4. The van der Waals surface area contributed by atoms with Crippen LogP contribution < -0.4 is 5.56 Å². The predicted molar refractivity (Wildman–Crippen MR) is 83.7 cm³/mol. The van der Waals surface area contributed by atoms with Crippen LogP contribution in [0.4, 0.5) is 0 Å². The Labute approximate surface area is 132 Å². The monoisotopic (exact) mass is 312 g/mol. The third kappa shape index (κ3) is 2.98. The van der Waals surface area contributed by atoms with E-state index in [-0.39, 0.29) is 18.0 Å².